The molecule has 0 aromatic rings. The molecule has 3 nitrogen and oxygen atoms in total. The number of nitrogens with one attached hydrogen (secondary N) is 1. The summed E-state index contributed by atoms with van der Waals surface area (Å²) >= 11 is 0. The minimum Gasteiger partial charge on any atom is -0.468 e. The SMILES string of the molecule is COC(=O)C1(NC(C)C)CC(C)CCC1C(C)C. The average molecular weight is 255 g/mol. The summed E-state index contributed by atoms with van der Waals surface area (Å²) in [7, 11) is 1.50. The Hall–Kier alpha value is -0.570. The van der Waals surface area contributed by atoms with Gasteiger partial charge in [-0.15, -0.1) is 0 Å². The van der Waals surface area contributed by atoms with E-state index in [2.05, 4.69) is 39.9 Å². The van der Waals surface area contributed by atoms with Crippen LogP contribution in [0.1, 0.15) is 53.9 Å². The second kappa shape index (κ2) is 6.05. The molecule has 106 valence electrons. The number of carbonyl (C=O) groups excluding carboxylic acids is 1. The van der Waals surface area contributed by atoms with E-state index in [1.54, 1.807) is 0 Å². The van der Waals surface area contributed by atoms with Crippen LogP contribution in [0.15, 0.2) is 0 Å². The minimum absolute atomic E-state index is 0.0820. The molecule has 1 rings (SSSR count). The third-order valence-corrected chi connectivity index (χ3v) is 4.17. The molecule has 0 aromatic heterocycles. The maximum absolute atomic E-state index is 12.4. The fourth-order valence-electron chi connectivity index (χ4n) is 3.57. The average Bonchev–Trinajstić information content (AvgIpc) is 2.26. The van der Waals surface area contributed by atoms with Crippen LogP contribution < -0.4 is 5.32 Å². The number of methoxy groups -OCH3 is 1. The van der Waals surface area contributed by atoms with E-state index >= 15 is 0 Å². The molecular formula is C15H29NO2. The van der Waals surface area contributed by atoms with Crippen LogP contribution >= 0.6 is 0 Å². The van der Waals surface area contributed by atoms with Crippen LogP contribution in [0.4, 0.5) is 0 Å². The molecule has 3 atom stereocenters. The van der Waals surface area contributed by atoms with Crippen molar-refractivity contribution >= 4 is 5.97 Å². The molecule has 0 heterocycles. The topological polar surface area (TPSA) is 38.3 Å². The summed E-state index contributed by atoms with van der Waals surface area (Å²) in [6, 6.07) is 0.288. The molecule has 0 saturated heterocycles. The van der Waals surface area contributed by atoms with Gasteiger partial charge in [0.25, 0.3) is 0 Å². The van der Waals surface area contributed by atoms with Crippen molar-refractivity contribution in [3.8, 4) is 0 Å². The van der Waals surface area contributed by atoms with Gasteiger partial charge in [-0.05, 0) is 44.4 Å². The third-order valence-electron chi connectivity index (χ3n) is 4.17. The van der Waals surface area contributed by atoms with Gasteiger partial charge in [0, 0.05) is 6.04 Å². The first-order valence-corrected chi connectivity index (χ1v) is 7.19. The fraction of sp³-hybridized carbons (Fsp3) is 0.933. The highest BCUT2D eigenvalue weighted by Gasteiger charge is 2.50. The minimum atomic E-state index is -0.491. The van der Waals surface area contributed by atoms with Crippen molar-refractivity contribution in [3.63, 3.8) is 0 Å². The Morgan fingerprint density at radius 2 is 1.89 bits per heavy atom. The highest BCUT2D eigenvalue weighted by atomic mass is 16.5. The van der Waals surface area contributed by atoms with Crippen molar-refractivity contribution in [1.29, 1.82) is 0 Å². The smallest absolute Gasteiger partial charge is 0.326 e. The predicted molar refractivity (Wildman–Crippen MR) is 74.4 cm³/mol. The molecular weight excluding hydrogens is 226 g/mol. The van der Waals surface area contributed by atoms with E-state index in [1.165, 1.54) is 13.5 Å². The van der Waals surface area contributed by atoms with E-state index in [9.17, 15) is 4.79 Å². The molecule has 3 heteroatoms. The van der Waals surface area contributed by atoms with Gasteiger partial charge in [0.2, 0.25) is 0 Å². The van der Waals surface area contributed by atoms with Gasteiger partial charge in [0.1, 0.15) is 5.54 Å². The van der Waals surface area contributed by atoms with Crippen molar-refractivity contribution in [2.45, 2.75) is 65.5 Å². The summed E-state index contributed by atoms with van der Waals surface area (Å²) in [5.41, 5.74) is -0.491. The van der Waals surface area contributed by atoms with Crippen molar-refractivity contribution in [2.24, 2.45) is 17.8 Å². The number of hydrogen-bond donors (Lipinski definition) is 1. The first kappa shape index (κ1) is 15.5. The number of carbonyl (C=O) groups is 1. The Kier molecular flexibility index (Phi) is 5.20. The molecule has 1 saturated carbocycles. The van der Waals surface area contributed by atoms with Crippen molar-refractivity contribution in [3.05, 3.63) is 0 Å². The number of hydrogen-bond acceptors (Lipinski definition) is 3. The molecule has 1 aliphatic rings. The molecule has 3 unspecified atom stereocenters. The highest BCUT2D eigenvalue weighted by Crippen LogP contribution is 2.42. The van der Waals surface area contributed by atoms with Gasteiger partial charge in [-0.1, -0.05) is 27.2 Å². The first-order chi connectivity index (χ1) is 8.33. The largest absolute Gasteiger partial charge is 0.468 e. The van der Waals surface area contributed by atoms with Gasteiger partial charge >= 0.3 is 5.97 Å². The number of ether oxygens (including phenoxy) is 1. The van der Waals surface area contributed by atoms with Crippen molar-refractivity contribution < 1.29 is 9.53 Å². The van der Waals surface area contributed by atoms with E-state index < -0.39 is 5.54 Å². The van der Waals surface area contributed by atoms with Gasteiger partial charge in [-0.25, -0.2) is 0 Å². The van der Waals surface area contributed by atoms with E-state index in [0.717, 1.165) is 12.8 Å². The van der Waals surface area contributed by atoms with Gasteiger partial charge in [-0.3, -0.25) is 10.1 Å². The molecule has 0 aliphatic heterocycles. The van der Waals surface area contributed by atoms with Crippen LogP contribution in [-0.2, 0) is 9.53 Å². The molecule has 0 bridgehead atoms. The molecule has 1 fully saturated rings. The molecule has 0 spiro atoms. The lowest BCUT2D eigenvalue weighted by Gasteiger charge is -2.47. The van der Waals surface area contributed by atoms with E-state index in [4.69, 9.17) is 4.74 Å². The number of esters is 1. The Balaban J connectivity index is 3.10. The van der Waals surface area contributed by atoms with Crippen LogP contribution in [0.2, 0.25) is 0 Å². The van der Waals surface area contributed by atoms with Crippen molar-refractivity contribution in [1.82, 2.24) is 5.32 Å². The van der Waals surface area contributed by atoms with E-state index in [-0.39, 0.29) is 12.0 Å². The Labute approximate surface area is 112 Å². The predicted octanol–water partition coefficient (Wildman–Crippen LogP) is 2.99. The van der Waals surface area contributed by atoms with E-state index in [1.807, 2.05) is 0 Å². The number of rotatable bonds is 4. The lowest BCUT2D eigenvalue weighted by Crippen LogP contribution is -2.63. The van der Waals surface area contributed by atoms with Gasteiger partial charge in [-0.2, -0.15) is 0 Å². The maximum atomic E-state index is 12.4. The zero-order valence-corrected chi connectivity index (χ0v) is 12.7. The standard InChI is InChI=1S/C15H29NO2/c1-10(2)13-8-7-12(5)9-15(13,14(17)18-6)16-11(3)4/h10-13,16H,7-9H2,1-6H3. The van der Waals surface area contributed by atoms with Crippen molar-refractivity contribution in [2.75, 3.05) is 7.11 Å². The van der Waals surface area contributed by atoms with Crippen LogP contribution in [0.25, 0.3) is 0 Å². The Morgan fingerprint density at radius 3 is 2.33 bits per heavy atom. The summed E-state index contributed by atoms with van der Waals surface area (Å²) in [6.45, 7) is 10.8. The molecule has 0 radical (unpaired) electrons. The second-order valence-corrected chi connectivity index (χ2v) is 6.50. The van der Waals surface area contributed by atoms with E-state index in [0.29, 0.717) is 17.8 Å². The fourth-order valence-corrected chi connectivity index (χ4v) is 3.57. The Morgan fingerprint density at radius 1 is 1.28 bits per heavy atom. The molecule has 1 N–H and O–H groups in total. The Bertz CT molecular complexity index is 284. The van der Waals surface area contributed by atoms with Gasteiger partial charge in [0.15, 0.2) is 0 Å². The normalized spacial score (nSPS) is 32.9. The molecule has 18 heavy (non-hydrogen) atoms. The van der Waals surface area contributed by atoms with Gasteiger partial charge in [0.05, 0.1) is 7.11 Å². The second-order valence-electron chi connectivity index (χ2n) is 6.50. The summed E-state index contributed by atoms with van der Waals surface area (Å²) in [5, 5.41) is 3.53. The zero-order chi connectivity index (χ0) is 13.9. The van der Waals surface area contributed by atoms with Crippen LogP contribution in [0, 0.1) is 17.8 Å². The third kappa shape index (κ3) is 3.05. The summed E-state index contributed by atoms with van der Waals surface area (Å²) in [4.78, 5) is 12.4. The quantitative estimate of drug-likeness (QED) is 0.785. The molecule has 0 amide bonds. The maximum Gasteiger partial charge on any atom is 0.326 e. The van der Waals surface area contributed by atoms with Gasteiger partial charge < -0.3 is 4.74 Å². The van der Waals surface area contributed by atoms with Crippen LogP contribution in [0.5, 0.6) is 0 Å². The molecule has 0 aromatic carbocycles. The summed E-state index contributed by atoms with van der Waals surface area (Å²) < 4.78 is 5.12. The zero-order valence-electron chi connectivity index (χ0n) is 12.7. The first-order valence-electron chi connectivity index (χ1n) is 7.19. The van der Waals surface area contributed by atoms with Crippen LogP contribution in [0.3, 0.4) is 0 Å². The monoisotopic (exact) mass is 255 g/mol. The lowest BCUT2D eigenvalue weighted by atomic mass is 9.64. The highest BCUT2D eigenvalue weighted by molar-refractivity contribution is 5.81. The summed E-state index contributed by atoms with van der Waals surface area (Å²) in [5.74, 6) is 1.35. The summed E-state index contributed by atoms with van der Waals surface area (Å²) in [6.07, 6.45) is 3.20. The van der Waals surface area contributed by atoms with Crippen LogP contribution in [-0.4, -0.2) is 24.7 Å². The lowest BCUT2D eigenvalue weighted by molar-refractivity contribution is -0.156. The molecule has 1 aliphatic carbocycles.